The SMILES string of the molecule is C=CCc1c(-c2ccccc2)noc1C1CCCCC1. The van der Waals surface area contributed by atoms with Gasteiger partial charge in [0, 0.05) is 17.0 Å². The fourth-order valence-corrected chi connectivity index (χ4v) is 3.17. The number of nitrogens with zero attached hydrogens (tertiary/aromatic N) is 1. The molecule has 104 valence electrons. The maximum atomic E-state index is 5.74. The molecule has 0 amide bonds. The molecule has 0 radical (unpaired) electrons. The van der Waals surface area contributed by atoms with Crippen LogP contribution in [0.5, 0.6) is 0 Å². The molecule has 1 saturated carbocycles. The number of hydrogen-bond donors (Lipinski definition) is 0. The first-order valence-electron chi connectivity index (χ1n) is 7.55. The van der Waals surface area contributed by atoms with Crippen molar-refractivity contribution in [1.82, 2.24) is 5.16 Å². The molecule has 0 aliphatic heterocycles. The summed E-state index contributed by atoms with van der Waals surface area (Å²) in [5.74, 6) is 1.65. The van der Waals surface area contributed by atoms with Gasteiger partial charge in [-0.2, -0.15) is 0 Å². The van der Waals surface area contributed by atoms with Crippen molar-refractivity contribution >= 4 is 0 Å². The molecule has 1 aromatic heterocycles. The summed E-state index contributed by atoms with van der Waals surface area (Å²) < 4.78 is 5.74. The van der Waals surface area contributed by atoms with Gasteiger partial charge in [-0.1, -0.05) is 60.8 Å². The molecule has 1 aromatic carbocycles. The summed E-state index contributed by atoms with van der Waals surface area (Å²) in [6.07, 6.45) is 9.21. The highest BCUT2D eigenvalue weighted by molar-refractivity contribution is 5.63. The first kappa shape index (κ1) is 13.2. The van der Waals surface area contributed by atoms with Crippen LogP contribution < -0.4 is 0 Å². The smallest absolute Gasteiger partial charge is 0.143 e. The van der Waals surface area contributed by atoms with Crippen LogP contribution in [0.2, 0.25) is 0 Å². The van der Waals surface area contributed by atoms with Gasteiger partial charge in [0.05, 0.1) is 0 Å². The summed E-state index contributed by atoms with van der Waals surface area (Å²) in [6.45, 7) is 3.89. The topological polar surface area (TPSA) is 26.0 Å². The maximum Gasteiger partial charge on any atom is 0.143 e. The average Bonchev–Trinajstić information content (AvgIpc) is 2.93. The normalized spacial score (nSPS) is 16.2. The molecule has 0 saturated heterocycles. The second kappa shape index (κ2) is 6.08. The molecule has 0 unspecified atom stereocenters. The van der Waals surface area contributed by atoms with Crippen molar-refractivity contribution in [3.05, 3.63) is 54.3 Å². The van der Waals surface area contributed by atoms with Crippen LogP contribution in [0.4, 0.5) is 0 Å². The van der Waals surface area contributed by atoms with E-state index in [-0.39, 0.29) is 0 Å². The summed E-state index contributed by atoms with van der Waals surface area (Å²) in [5.41, 5.74) is 3.36. The lowest BCUT2D eigenvalue weighted by Crippen LogP contribution is -2.05. The third-order valence-electron chi connectivity index (χ3n) is 4.19. The van der Waals surface area contributed by atoms with Gasteiger partial charge >= 0.3 is 0 Å². The lowest BCUT2D eigenvalue weighted by atomic mass is 9.85. The lowest BCUT2D eigenvalue weighted by Gasteiger charge is -2.19. The minimum Gasteiger partial charge on any atom is -0.360 e. The van der Waals surface area contributed by atoms with E-state index in [1.165, 1.54) is 37.7 Å². The number of rotatable bonds is 4. The minimum atomic E-state index is 0.545. The molecule has 0 atom stereocenters. The lowest BCUT2D eigenvalue weighted by molar-refractivity contribution is 0.320. The van der Waals surface area contributed by atoms with E-state index < -0.39 is 0 Å². The quantitative estimate of drug-likeness (QED) is 0.719. The van der Waals surface area contributed by atoms with Gasteiger partial charge in [-0.3, -0.25) is 0 Å². The maximum absolute atomic E-state index is 5.74. The van der Waals surface area contributed by atoms with Crippen LogP contribution in [-0.4, -0.2) is 5.16 Å². The van der Waals surface area contributed by atoms with Gasteiger partial charge in [0.25, 0.3) is 0 Å². The molecule has 2 aromatic rings. The monoisotopic (exact) mass is 267 g/mol. The summed E-state index contributed by atoms with van der Waals surface area (Å²) in [6, 6.07) is 10.3. The predicted octanol–water partition coefficient (Wildman–Crippen LogP) is 5.12. The van der Waals surface area contributed by atoms with E-state index in [4.69, 9.17) is 4.52 Å². The first-order chi connectivity index (χ1) is 9.90. The summed E-state index contributed by atoms with van der Waals surface area (Å²) in [5, 5.41) is 4.36. The molecule has 0 N–H and O–H groups in total. The van der Waals surface area contributed by atoms with Gasteiger partial charge in [0.15, 0.2) is 0 Å². The van der Waals surface area contributed by atoms with Gasteiger partial charge in [0.1, 0.15) is 11.5 Å². The molecule has 0 spiro atoms. The Kier molecular flexibility index (Phi) is 4.00. The van der Waals surface area contributed by atoms with E-state index in [1.807, 2.05) is 24.3 Å². The molecule has 1 aliphatic carbocycles. The number of benzene rings is 1. The standard InChI is InChI=1S/C18H21NO/c1-2-9-16-17(14-10-5-3-6-11-14)19-20-18(16)15-12-7-4-8-13-15/h2-3,5-6,10-11,15H,1,4,7-9,12-13H2. The molecular weight excluding hydrogens is 246 g/mol. The molecule has 20 heavy (non-hydrogen) atoms. The highest BCUT2D eigenvalue weighted by Crippen LogP contribution is 2.38. The molecule has 0 bridgehead atoms. The van der Waals surface area contributed by atoms with Crippen LogP contribution in [0.25, 0.3) is 11.3 Å². The Bertz CT molecular complexity index is 564. The zero-order valence-electron chi connectivity index (χ0n) is 11.8. The second-order valence-corrected chi connectivity index (χ2v) is 5.57. The Labute approximate surface area is 120 Å². The van der Waals surface area contributed by atoms with Gasteiger partial charge in [-0.25, -0.2) is 0 Å². The van der Waals surface area contributed by atoms with Crippen molar-refractivity contribution in [2.24, 2.45) is 0 Å². The Hall–Kier alpha value is -1.83. The minimum absolute atomic E-state index is 0.545. The van der Waals surface area contributed by atoms with Crippen LogP contribution in [0, 0.1) is 0 Å². The van der Waals surface area contributed by atoms with Crippen molar-refractivity contribution < 1.29 is 4.52 Å². The fraction of sp³-hybridized carbons (Fsp3) is 0.389. The zero-order valence-corrected chi connectivity index (χ0v) is 11.8. The van der Waals surface area contributed by atoms with E-state index in [1.54, 1.807) is 0 Å². The van der Waals surface area contributed by atoms with E-state index in [9.17, 15) is 0 Å². The van der Waals surface area contributed by atoms with Gasteiger partial charge in [-0.05, 0) is 19.3 Å². The Morgan fingerprint density at radius 2 is 1.90 bits per heavy atom. The van der Waals surface area contributed by atoms with Crippen LogP contribution >= 0.6 is 0 Å². The molecule has 1 heterocycles. The van der Waals surface area contributed by atoms with Crippen molar-refractivity contribution in [1.29, 1.82) is 0 Å². The summed E-state index contributed by atoms with van der Waals surface area (Å²) >= 11 is 0. The largest absolute Gasteiger partial charge is 0.360 e. The molecule has 1 fully saturated rings. The van der Waals surface area contributed by atoms with Crippen LogP contribution in [0.1, 0.15) is 49.3 Å². The number of allylic oxidation sites excluding steroid dienone is 1. The van der Waals surface area contributed by atoms with Crippen molar-refractivity contribution in [2.45, 2.75) is 44.4 Å². The van der Waals surface area contributed by atoms with E-state index in [0.29, 0.717) is 5.92 Å². The fourth-order valence-electron chi connectivity index (χ4n) is 3.17. The zero-order chi connectivity index (χ0) is 13.8. The summed E-state index contributed by atoms with van der Waals surface area (Å²) in [4.78, 5) is 0. The highest BCUT2D eigenvalue weighted by atomic mass is 16.5. The first-order valence-corrected chi connectivity index (χ1v) is 7.55. The van der Waals surface area contributed by atoms with Gasteiger partial charge in [-0.15, -0.1) is 6.58 Å². The number of hydrogen-bond acceptors (Lipinski definition) is 2. The van der Waals surface area contributed by atoms with E-state index in [0.717, 1.165) is 23.4 Å². The van der Waals surface area contributed by atoms with E-state index >= 15 is 0 Å². The van der Waals surface area contributed by atoms with Crippen molar-refractivity contribution in [3.8, 4) is 11.3 Å². The van der Waals surface area contributed by atoms with Crippen LogP contribution in [0.3, 0.4) is 0 Å². The number of aromatic nitrogens is 1. The van der Waals surface area contributed by atoms with E-state index in [2.05, 4.69) is 23.9 Å². The Morgan fingerprint density at radius 1 is 1.15 bits per heavy atom. The highest BCUT2D eigenvalue weighted by Gasteiger charge is 2.25. The summed E-state index contributed by atoms with van der Waals surface area (Å²) in [7, 11) is 0. The van der Waals surface area contributed by atoms with Crippen LogP contribution in [0.15, 0.2) is 47.5 Å². The molecular formula is C18H21NO. The molecule has 2 heteroatoms. The molecule has 3 rings (SSSR count). The predicted molar refractivity (Wildman–Crippen MR) is 81.7 cm³/mol. The van der Waals surface area contributed by atoms with Crippen LogP contribution in [-0.2, 0) is 6.42 Å². The third kappa shape index (κ3) is 2.55. The molecule has 2 nitrogen and oxygen atoms in total. The molecule has 1 aliphatic rings. The third-order valence-corrected chi connectivity index (χ3v) is 4.19. The average molecular weight is 267 g/mol. The van der Waals surface area contributed by atoms with Crippen molar-refractivity contribution in [2.75, 3.05) is 0 Å². The Balaban J connectivity index is 1.99. The van der Waals surface area contributed by atoms with Gasteiger partial charge in [0.2, 0.25) is 0 Å². The van der Waals surface area contributed by atoms with Gasteiger partial charge < -0.3 is 4.52 Å². The second-order valence-electron chi connectivity index (χ2n) is 5.57. The van der Waals surface area contributed by atoms with Crippen molar-refractivity contribution in [3.63, 3.8) is 0 Å². The Morgan fingerprint density at radius 3 is 2.60 bits per heavy atom.